The fraction of sp³-hybridized carbons (Fsp3) is 0.625. The molecule has 0 radical (unpaired) electrons. The zero-order chi connectivity index (χ0) is 34.6. The predicted octanol–water partition coefficient (Wildman–Crippen LogP) is 6.45. The van der Waals surface area contributed by atoms with E-state index in [9.17, 15) is 22.8 Å². The van der Waals surface area contributed by atoms with Crippen LogP contribution in [0.1, 0.15) is 99.5 Å². The molecule has 0 aliphatic carbocycles. The number of ether oxygens (including phenoxy) is 2. The van der Waals surface area contributed by atoms with Crippen molar-refractivity contribution in [2.45, 2.75) is 123 Å². The lowest BCUT2D eigenvalue weighted by molar-refractivity contribution is -0.116. The molecule has 2 aromatic rings. The summed E-state index contributed by atoms with van der Waals surface area (Å²) in [5, 5.41) is 6.25. The maximum absolute atomic E-state index is 13.7. The summed E-state index contributed by atoms with van der Waals surface area (Å²) >= 11 is 1.28. The third-order valence-electron chi connectivity index (χ3n) is 6.54. The van der Waals surface area contributed by atoms with Crippen molar-refractivity contribution >= 4 is 45.1 Å². The average molecular weight is 680 g/mol. The van der Waals surface area contributed by atoms with Crippen molar-refractivity contribution in [3.63, 3.8) is 0 Å². The number of hydrogen-bond acceptors (Lipinski definition) is 9. The number of piperidine rings is 1. The molecule has 256 valence electrons. The van der Waals surface area contributed by atoms with Gasteiger partial charge in [-0.3, -0.25) is 9.69 Å². The van der Waals surface area contributed by atoms with Gasteiger partial charge in [0, 0.05) is 36.0 Å². The highest BCUT2D eigenvalue weighted by Crippen LogP contribution is 2.40. The number of benzene rings is 1. The van der Waals surface area contributed by atoms with Crippen LogP contribution in [0.3, 0.4) is 0 Å². The third kappa shape index (κ3) is 10.9. The highest BCUT2D eigenvalue weighted by Gasteiger charge is 2.38. The number of aromatic nitrogens is 1. The molecule has 1 aromatic carbocycles. The molecule has 3 N–H and O–H groups in total. The molecule has 2 unspecified atom stereocenters. The van der Waals surface area contributed by atoms with Crippen LogP contribution in [0.15, 0.2) is 29.3 Å². The molecular weight excluding hydrogens is 631 g/mol. The molecule has 3 rings (SSSR count). The first-order valence-corrected chi connectivity index (χ1v) is 17.8. The van der Waals surface area contributed by atoms with E-state index >= 15 is 0 Å². The Morgan fingerprint density at radius 3 is 2.33 bits per heavy atom. The topological polar surface area (TPSA) is 156 Å². The average Bonchev–Trinajstić information content (AvgIpc) is 3.35. The number of amides is 3. The molecule has 2 heterocycles. The highest BCUT2D eigenvalue weighted by molar-refractivity contribution is 7.89. The minimum atomic E-state index is -4.02. The van der Waals surface area contributed by atoms with Gasteiger partial charge in [0.1, 0.15) is 10.6 Å². The van der Waals surface area contributed by atoms with Crippen molar-refractivity contribution in [2.24, 2.45) is 5.92 Å². The lowest BCUT2D eigenvalue weighted by Crippen LogP contribution is -2.52. The number of thiazole rings is 1. The first kappa shape index (κ1) is 37.2. The number of hydrogen-bond donors (Lipinski definition) is 3. The number of rotatable bonds is 9. The minimum Gasteiger partial charge on any atom is -0.447 e. The van der Waals surface area contributed by atoms with E-state index in [0.717, 1.165) is 0 Å². The van der Waals surface area contributed by atoms with Gasteiger partial charge in [0.25, 0.3) is 0 Å². The van der Waals surface area contributed by atoms with Crippen LogP contribution in [0.4, 0.5) is 15.3 Å². The van der Waals surface area contributed by atoms with Gasteiger partial charge >= 0.3 is 12.2 Å². The fourth-order valence-electron chi connectivity index (χ4n) is 4.92. The van der Waals surface area contributed by atoms with Gasteiger partial charge in [-0.25, -0.2) is 27.7 Å². The molecule has 1 saturated heterocycles. The molecule has 0 spiro atoms. The Labute approximate surface area is 277 Å². The van der Waals surface area contributed by atoms with Crippen LogP contribution in [-0.2, 0) is 24.3 Å². The first-order chi connectivity index (χ1) is 21.1. The van der Waals surface area contributed by atoms with E-state index in [4.69, 9.17) is 9.47 Å². The van der Waals surface area contributed by atoms with Gasteiger partial charge < -0.3 is 20.1 Å². The van der Waals surface area contributed by atoms with Crippen molar-refractivity contribution in [3.8, 4) is 10.4 Å². The maximum Gasteiger partial charge on any atom is 0.410 e. The Balaban J connectivity index is 1.99. The zero-order valence-corrected chi connectivity index (χ0v) is 30.1. The molecular formula is C32H49N5O7S2. The van der Waals surface area contributed by atoms with Gasteiger partial charge in [0.15, 0.2) is 0 Å². The van der Waals surface area contributed by atoms with E-state index in [0.29, 0.717) is 40.4 Å². The van der Waals surface area contributed by atoms with Gasteiger partial charge in [-0.1, -0.05) is 19.9 Å². The number of nitrogens with one attached hydrogen (secondary N) is 3. The largest absolute Gasteiger partial charge is 0.447 e. The smallest absolute Gasteiger partial charge is 0.410 e. The second kappa shape index (κ2) is 14.7. The molecule has 3 amide bonds. The molecule has 1 aliphatic heterocycles. The molecule has 14 heteroatoms. The zero-order valence-electron chi connectivity index (χ0n) is 28.5. The summed E-state index contributed by atoms with van der Waals surface area (Å²) in [4.78, 5) is 45.0. The van der Waals surface area contributed by atoms with Gasteiger partial charge in [-0.15, -0.1) is 11.3 Å². The van der Waals surface area contributed by atoms with E-state index in [1.165, 1.54) is 17.4 Å². The molecule has 0 saturated carbocycles. The van der Waals surface area contributed by atoms with Crippen molar-refractivity contribution in [3.05, 3.63) is 29.4 Å². The number of carbonyl (C=O) groups excluding carboxylic acids is 3. The van der Waals surface area contributed by atoms with E-state index < -0.39 is 39.4 Å². The number of anilines is 1. The van der Waals surface area contributed by atoms with Gasteiger partial charge in [0.2, 0.25) is 15.9 Å². The predicted molar refractivity (Wildman–Crippen MR) is 179 cm³/mol. The molecule has 12 nitrogen and oxygen atoms in total. The number of likely N-dealkylation sites (tertiary alicyclic amines) is 1. The van der Waals surface area contributed by atoms with Crippen molar-refractivity contribution in [1.29, 1.82) is 0 Å². The third-order valence-corrected chi connectivity index (χ3v) is 9.47. The van der Waals surface area contributed by atoms with Gasteiger partial charge in [0.05, 0.1) is 28.0 Å². The molecule has 2 atom stereocenters. The molecule has 1 aromatic heterocycles. The highest BCUT2D eigenvalue weighted by atomic mass is 32.2. The molecule has 0 bridgehead atoms. The Hall–Kier alpha value is -3.23. The SMILES string of the molecule is CC(C)CC(=O)Nc1ccc(-c2cnc(C3CCC(NC(=O)OC(C)C)CN3C(=O)OC(C)(C)C)s2)c(S(=O)(=O)NC(C)(C)C)c1. The second-order valence-electron chi connectivity index (χ2n) is 14.3. The lowest BCUT2D eigenvalue weighted by atomic mass is 9.99. The van der Waals surface area contributed by atoms with E-state index in [1.54, 1.807) is 78.6 Å². The number of nitrogens with zero attached hydrogens (tertiary/aromatic N) is 2. The van der Waals surface area contributed by atoms with Crippen LogP contribution in [0, 0.1) is 5.92 Å². The Morgan fingerprint density at radius 2 is 1.74 bits per heavy atom. The Morgan fingerprint density at radius 1 is 1.07 bits per heavy atom. The minimum absolute atomic E-state index is 0.000503. The number of sulfonamides is 1. The monoisotopic (exact) mass is 679 g/mol. The van der Waals surface area contributed by atoms with Gasteiger partial charge in [-0.05, 0) is 86.3 Å². The van der Waals surface area contributed by atoms with E-state index in [-0.39, 0.29) is 35.4 Å². The van der Waals surface area contributed by atoms with E-state index in [2.05, 4.69) is 20.3 Å². The number of carbonyl (C=O) groups is 3. The summed E-state index contributed by atoms with van der Waals surface area (Å²) in [6, 6.07) is 3.97. The van der Waals surface area contributed by atoms with Crippen molar-refractivity contribution < 1.29 is 32.3 Å². The van der Waals surface area contributed by atoms with Crippen LogP contribution < -0.4 is 15.4 Å². The van der Waals surface area contributed by atoms with Crippen LogP contribution in [0.25, 0.3) is 10.4 Å². The van der Waals surface area contributed by atoms with Crippen molar-refractivity contribution in [2.75, 3.05) is 11.9 Å². The van der Waals surface area contributed by atoms with Crippen LogP contribution >= 0.6 is 11.3 Å². The Kier molecular flexibility index (Phi) is 11.9. The molecule has 1 aliphatic rings. The van der Waals surface area contributed by atoms with Crippen LogP contribution in [0.5, 0.6) is 0 Å². The standard InChI is InChI=1S/C32H49N5O7S2/c1-19(2)15-27(38)34-21-11-13-23(26(16-21)46(41,42)36-31(5,6)7)25-17-33-28(45-25)24-14-12-22(35-29(39)43-20(3)4)18-37(24)30(40)44-32(8,9)10/h11,13,16-17,19-20,22,24,36H,12,14-15,18H2,1-10H3,(H,34,38)(H,35,39). The normalized spacial score (nSPS) is 17.6. The lowest BCUT2D eigenvalue weighted by Gasteiger charge is -2.39. The summed E-state index contributed by atoms with van der Waals surface area (Å²) in [7, 11) is -4.02. The van der Waals surface area contributed by atoms with E-state index in [1.807, 2.05) is 13.8 Å². The van der Waals surface area contributed by atoms with Crippen molar-refractivity contribution in [1.82, 2.24) is 19.9 Å². The molecule has 1 fully saturated rings. The fourth-order valence-corrected chi connectivity index (χ4v) is 7.75. The van der Waals surface area contributed by atoms with Crippen LogP contribution in [0.2, 0.25) is 0 Å². The first-order valence-electron chi connectivity index (χ1n) is 15.5. The summed E-state index contributed by atoms with van der Waals surface area (Å²) in [5.41, 5.74) is -0.722. The summed E-state index contributed by atoms with van der Waals surface area (Å²) in [6.07, 6.45) is 1.55. The molecule has 46 heavy (non-hydrogen) atoms. The Bertz CT molecular complexity index is 1510. The maximum atomic E-state index is 13.7. The second-order valence-corrected chi connectivity index (χ2v) is 17.0. The number of alkyl carbamates (subject to hydrolysis) is 1. The summed E-state index contributed by atoms with van der Waals surface area (Å²) < 4.78 is 41.0. The van der Waals surface area contributed by atoms with Crippen LogP contribution in [-0.4, -0.2) is 66.2 Å². The van der Waals surface area contributed by atoms with Gasteiger partial charge in [-0.2, -0.15) is 0 Å². The summed E-state index contributed by atoms with van der Waals surface area (Å²) in [6.45, 7) is 18.2. The quantitative estimate of drug-likeness (QED) is 0.273. The summed E-state index contributed by atoms with van der Waals surface area (Å²) in [5.74, 6) is -0.0691.